The molecule has 3 N–H and O–H groups in total. The maximum atomic E-state index is 13.5. The summed E-state index contributed by atoms with van der Waals surface area (Å²) in [4.78, 5) is -0.0797. The number of rotatable bonds is 5. The molecule has 0 aromatic heterocycles. The molecule has 0 aliphatic heterocycles. The molecular weight excluding hydrogens is 267 g/mol. The minimum absolute atomic E-state index is 0.0192. The Bertz CT molecular complexity index is 536. The van der Waals surface area contributed by atoms with Crippen LogP contribution in [0.15, 0.2) is 23.1 Å². The van der Waals surface area contributed by atoms with Crippen molar-refractivity contribution in [3.63, 3.8) is 0 Å². The highest BCUT2D eigenvalue weighted by molar-refractivity contribution is 7.89. The molecule has 0 saturated heterocycles. The molecule has 1 aromatic carbocycles. The molecule has 0 fully saturated rings. The van der Waals surface area contributed by atoms with Crippen LogP contribution in [0.25, 0.3) is 0 Å². The van der Waals surface area contributed by atoms with E-state index in [-0.39, 0.29) is 22.4 Å². The second-order valence-corrected chi connectivity index (χ2v) is 7.36. The van der Waals surface area contributed by atoms with Crippen LogP contribution in [0.4, 0.5) is 4.39 Å². The Kier molecular flexibility index (Phi) is 5.06. The minimum Gasteiger partial charge on any atom is -0.326 e. The van der Waals surface area contributed by atoms with Crippen LogP contribution in [-0.4, -0.2) is 15.0 Å². The summed E-state index contributed by atoms with van der Waals surface area (Å²) >= 11 is 0. The fourth-order valence-electron chi connectivity index (χ4n) is 1.63. The fourth-order valence-corrected chi connectivity index (χ4v) is 2.92. The monoisotopic (exact) mass is 288 g/mol. The summed E-state index contributed by atoms with van der Waals surface area (Å²) in [7, 11) is -3.72. The van der Waals surface area contributed by atoms with Crippen LogP contribution in [0.1, 0.15) is 32.8 Å². The standard InChI is InChI=1S/C13H21FN2O2S/c1-13(2,3)7-8-16-19(17,18)12-6-4-5-11(14)10(12)9-15/h4-6,16H,7-9,15H2,1-3H3. The van der Waals surface area contributed by atoms with Gasteiger partial charge in [-0.25, -0.2) is 17.5 Å². The quantitative estimate of drug-likeness (QED) is 0.870. The van der Waals surface area contributed by atoms with Crippen LogP contribution < -0.4 is 10.5 Å². The van der Waals surface area contributed by atoms with Gasteiger partial charge in [-0.05, 0) is 24.0 Å². The molecule has 0 atom stereocenters. The van der Waals surface area contributed by atoms with Crippen molar-refractivity contribution in [1.29, 1.82) is 0 Å². The molecule has 108 valence electrons. The highest BCUT2D eigenvalue weighted by Crippen LogP contribution is 2.20. The molecule has 0 aliphatic carbocycles. The number of halogens is 1. The van der Waals surface area contributed by atoms with E-state index >= 15 is 0 Å². The lowest BCUT2D eigenvalue weighted by atomic mass is 9.93. The lowest BCUT2D eigenvalue weighted by Crippen LogP contribution is -2.28. The van der Waals surface area contributed by atoms with Crippen molar-refractivity contribution in [1.82, 2.24) is 4.72 Å². The van der Waals surface area contributed by atoms with E-state index in [1.54, 1.807) is 0 Å². The van der Waals surface area contributed by atoms with E-state index in [0.717, 1.165) is 0 Å². The molecule has 0 heterocycles. The summed E-state index contributed by atoms with van der Waals surface area (Å²) in [5.74, 6) is -0.596. The van der Waals surface area contributed by atoms with Gasteiger partial charge < -0.3 is 5.73 Å². The Hall–Kier alpha value is -0.980. The van der Waals surface area contributed by atoms with Gasteiger partial charge in [0.15, 0.2) is 0 Å². The van der Waals surface area contributed by atoms with Crippen molar-refractivity contribution in [2.75, 3.05) is 6.54 Å². The van der Waals surface area contributed by atoms with Crippen LogP contribution in [0, 0.1) is 11.2 Å². The molecule has 0 spiro atoms. The SMILES string of the molecule is CC(C)(C)CCNS(=O)(=O)c1cccc(F)c1CN. The highest BCUT2D eigenvalue weighted by atomic mass is 32.2. The van der Waals surface area contributed by atoms with Gasteiger partial charge in [-0.2, -0.15) is 0 Å². The van der Waals surface area contributed by atoms with Crippen molar-refractivity contribution in [3.8, 4) is 0 Å². The van der Waals surface area contributed by atoms with Crippen molar-refractivity contribution in [2.24, 2.45) is 11.1 Å². The van der Waals surface area contributed by atoms with E-state index in [0.29, 0.717) is 13.0 Å². The van der Waals surface area contributed by atoms with Crippen molar-refractivity contribution >= 4 is 10.0 Å². The summed E-state index contributed by atoms with van der Waals surface area (Å²) in [6.07, 6.45) is 0.694. The van der Waals surface area contributed by atoms with E-state index in [1.807, 2.05) is 20.8 Å². The van der Waals surface area contributed by atoms with Crippen LogP contribution in [-0.2, 0) is 16.6 Å². The van der Waals surface area contributed by atoms with Gasteiger partial charge in [0.05, 0.1) is 4.90 Å². The largest absolute Gasteiger partial charge is 0.326 e. The van der Waals surface area contributed by atoms with E-state index in [4.69, 9.17) is 5.73 Å². The smallest absolute Gasteiger partial charge is 0.240 e. The maximum Gasteiger partial charge on any atom is 0.240 e. The summed E-state index contributed by atoms with van der Waals surface area (Å²) in [5, 5.41) is 0. The van der Waals surface area contributed by atoms with Gasteiger partial charge in [0.2, 0.25) is 10.0 Å². The van der Waals surface area contributed by atoms with E-state index in [9.17, 15) is 12.8 Å². The Labute approximate surface area is 114 Å². The van der Waals surface area contributed by atoms with Gasteiger partial charge >= 0.3 is 0 Å². The summed E-state index contributed by atoms with van der Waals surface area (Å²) in [6.45, 7) is 6.23. The summed E-state index contributed by atoms with van der Waals surface area (Å²) in [6, 6.07) is 3.94. The van der Waals surface area contributed by atoms with Gasteiger partial charge in [0, 0.05) is 18.7 Å². The van der Waals surface area contributed by atoms with E-state index in [1.165, 1.54) is 18.2 Å². The number of benzene rings is 1. The Morgan fingerprint density at radius 2 is 1.95 bits per heavy atom. The predicted molar refractivity (Wildman–Crippen MR) is 73.6 cm³/mol. The van der Waals surface area contributed by atoms with Crippen LogP contribution >= 0.6 is 0 Å². The molecule has 4 nitrogen and oxygen atoms in total. The third-order valence-electron chi connectivity index (χ3n) is 2.74. The molecule has 6 heteroatoms. The highest BCUT2D eigenvalue weighted by Gasteiger charge is 2.20. The predicted octanol–water partition coefficient (Wildman–Crippen LogP) is 2.00. The molecule has 19 heavy (non-hydrogen) atoms. The second kappa shape index (κ2) is 5.98. The van der Waals surface area contributed by atoms with Crippen LogP contribution in [0.2, 0.25) is 0 Å². The third-order valence-corrected chi connectivity index (χ3v) is 4.28. The number of nitrogens with one attached hydrogen (secondary N) is 1. The van der Waals surface area contributed by atoms with Crippen LogP contribution in [0.3, 0.4) is 0 Å². The number of nitrogens with two attached hydrogens (primary N) is 1. The van der Waals surface area contributed by atoms with Gasteiger partial charge in [-0.1, -0.05) is 26.8 Å². The first kappa shape index (κ1) is 16.1. The zero-order valence-electron chi connectivity index (χ0n) is 11.5. The summed E-state index contributed by atoms with van der Waals surface area (Å²) in [5.41, 5.74) is 5.46. The first-order valence-electron chi connectivity index (χ1n) is 6.14. The first-order valence-corrected chi connectivity index (χ1v) is 7.63. The molecule has 0 radical (unpaired) electrons. The third kappa shape index (κ3) is 4.56. The van der Waals surface area contributed by atoms with Crippen molar-refractivity contribution < 1.29 is 12.8 Å². The lowest BCUT2D eigenvalue weighted by molar-refractivity contribution is 0.378. The van der Waals surface area contributed by atoms with Gasteiger partial charge in [-0.15, -0.1) is 0 Å². The molecule has 0 amide bonds. The molecule has 0 aliphatic rings. The average molecular weight is 288 g/mol. The van der Waals surface area contributed by atoms with Crippen LogP contribution in [0.5, 0.6) is 0 Å². The molecule has 0 bridgehead atoms. The normalized spacial score (nSPS) is 12.7. The molecule has 0 saturated carbocycles. The van der Waals surface area contributed by atoms with E-state index < -0.39 is 15.8 Å². The van der Waals surface area contributed by atoms with E-state index in [2.05, 4.69) is 4.72 Å². The van der Waals surface area contributed by atoms with Gasteiger partial charge in [0.25, 0.3) is 0 Å². The zero-order chi connectivity index (χ0) is 14.7. The summed E-state index contributed by atoms with van der Waals surface area (Å²) < 4.78 is 40.2. The Balaban J connectivity index is 2.92. The number of hydrogen-bond acceptors (Lipinski definition) is 3. The lowest BCUT2D eigenvalue weighted by Gasteiger charge is -2.18. The number of hydrogen-bond donors (Lipinski definition) is 2. The molecular formula is C13H21FN2O2S. The minimum atomic E-state index is -3.72. The van der Waals surface area contributed by atoms with Crippen molar-refractivity contribution in [2.45, 2.75) is 38.6 Å². The number of sulfonamides is 1. The Morgan fingerprint density at radius 3 is 2.47 bits per heavy atom. The second-order valence-electron chi connectivity index (χ2n) is 5.63. The average Bonchev–Trinajstić information content (AvgIpc) is 2.26. The maximum absolute atomic E-state index is 13.5. The van der Waals surface area contributed by atoms with Gasteiger partial charge in [0.1, 0.15) is 5.82 Å². The molecule has 1 aromatic rings. The van der Waals surface area contributed by atoms with Gasteiger partial charge in [-0.3, -0.25) is 0 Å². The topological polar surface area (TPSA) is 72.2 Å². The van der Waals surface area contributed by atoms with Crippen molar-refractivity contribution in [3.05, 3.63) is 29.6 Å². The molecule has 1 rings (SSSR count). The molecule has 0 unspecified atom stereocenters. The fraction of sp³-hybridized carbons (Fsp3) is 0.538. The first-order chi connectivity index (χ1) is 8.67. The Morgan fingerprint density at radius 1 is 1.32 bits per heavy atom. The zero-order valence-corrected chi connectivity index (χ0v) is 12.3.